The summed E-state index contributed by atoms with van der Waals surface area (Å²) in [6, 6.07) is 19.9. The molecule has 0 aliphatic rings. The number of benzene rings is 1. The van der Waals surface area contributed by atoms with Gasteiger partial charge in [-0.1, -0.05) is 36.4 Å². The molecule has 0 unspecified atom stereocenters. The van der Waals surface area contributed by atoms with E-state index in [9.17, 15) is 14.7 Å². The van der Waals surface area contributed by atoms with Crippen LogP contribution in [0.3, 0.4) is 0 Å². The van der Waals surface area contributed by atoms with Crippen molar-refractivity contribution in [1.29, 1.82) is 0 Å². The van der Waals surface area contributed by atoms with Gasteiger partial charge in [0.15, 0.2) is 11.2 Å². The zero-order valence-electron chi connectivity index (χ0n) is 23.0. The van der Waals surface area contributed by atoms with Gasteiger partial charge in [-0.25, -0.2) is 9.97 Å². The number of aliphatic hydroxyl groups is 1. The summed E-state index contributed by atoms with van der Waals surface area (Å²) in [5, 5.41) is 13.5. The lowest BCUT2D eigenvalue weighted by molar-refractivity contribution is 0.0736. The van der Waals surface area contributed by atoms with E-state index in [-0.39, 0.29) is 22.5 Å². The van der Waals surface area contributed by atoms with Crippen molar-refractivity contribution in [2.75, 3.05) is 11.9 Å². The summed E-state index contributed by atoms with van der Waals surface area (Å²) in [5.74, 6) is 0.519. The molecule has 4 heterocycles. The van der Waals surface area contributed by atoms with E-state index in [0.29, 0.717) is 47.1 Å². The Morgan fingerprint density at radius 3 is 2.40 bits per heavy atom. The minimum absolute atomic E-state index is 0.0362. The maximum absolute atomic E-state index is 13.2. The number of nitrogens with one attached hydrogen (secondary N) is 2. The molecule has 3 N–H and O–H groups in total. The fraction of sp³-hybridized carbons (Fsp3) is 0.258. The number of rotatable bonds is 8. The second kappa shape index (κ2) is 10.9. The van der Waals surface area contributed by atoms with Crippen LogP contribution in [0.4, 0.5) is 5.82 Å². The van der Waals surface area contributed by atoms with Crippen molar-refractivity contribution < 1.29 is 5.11 Å². The third kappa shape index (κ3) is 5.69. The Labute approximate surface area is 231 Å². The van der Waals surface area contributed by atoms with Crippen molar-refractivity contribution in [2.24, 2.45) is 0 Å². The molecule has 4 aromatic heterocycles. The van der Waals surface area contributed by atoms with Gasteiger partial charge >= 0.3 is 0 Å². The lowest BCUT2D eigenvalue weighted by Gasteiger charge is -2.17. The maximum atomic E-state index is 13.2. The molecule has 0 spiro atoms. The van der Waals surface area contributed by atoms with Crippen LogP contribution in [0.15, 0.2) is 82.5 Å². The summed E-state index contributed by atoms with van der Waals surface area (Å²) >= 11 is 0. The predicted octanol–water partition coefficient (Wildman–Crippen LogP) is 4.67. The number of aromatic nitrogens is 5. The fourth-order valence-electron chi connectivity index (χ4n) is 4.48. The monoisotopic (exact) mass is 536 g/mol. The lowest BCUT2D eigenvalue weighted by atomic mass is 10.0. The summed E-state index contributed by atoms with van der Waals surface area (Å²) in [4.78, 5) is 43.0. The van der Waals surface area contributed by atoms with Crippen molar-refractivity contribution in [1.82, 2.24) is 24.5 Å². The van der Waals surface area contributed by atoms with E-state index in [1.54, 1.807) is 36.7 Å². The summed E-state index contributed by atoms with van der Waals surface area (Å²) in [7, 11) is 0. The molecule has 9 nitrogen and oxygen atoms in total. The first-order valence-electron chi connectivity index (χ1n) is 13.3. The zero-order chi connectivity index (χ0) is 28.4. The molecule has 0 fully saturated rings. The Bertz CT molecular complexity index is 1790. The van der Waals surface area contributed by atoms with E-state index in [2.05, 4.69) is 15.3 Å². The van der Waals surface area contributed by atoms with Crippen LogP contribution in [-0.4, -0.2) is 36.2 Å². The molecule has 0 aliphatic carbocycles. The topological polar surface area (TPSA) is 126 Å². The molecule has 5 rings (SSSR count). The zero-order valence-corrected chi connectivity index (χ0v) is 23.0. The van der Waals surface area contributed by atoms with E-state index < -0.39 is 5.60 Å². The average molecular weight is 537 g/mol. The van der Waals surface area contributed by atoms with Crippen molar-refractivity contribution in [2.45, 2.75) is 45.8 Å². The lowest BCUT2D eigenvalue weighted by Crippen LogP contribution is -2.20. The second-order valence-electron chi connectivity index (χ2n) is 10.5. The normalized spacial score (nSPS) is 11.8. The van der Waals surface area contributed by atoms with Gasteiger partial charge in [0.05, 0.1) is 17.1 Å². The molecule has 0 amide bonds. The molecule has 40 heavy (non-hydrogen) atoms. The molecule has 1 aromatic carbocycles. The van der Waals surface area contributed by atoms with Gasteiger partial charge in [0.2, 0.25) is 5.43 Å². The predicted molar refractivity (Wildman–Crippen MR) is 157 cm³/mol. The van der Waals surface area contributed by atoms with Crippen LogP contribution in [0.1, 0.15) is 45.1 Å². The van der Waals surface area contributed by atoms with Crippen LogP contribution < -0.4 is 16.3 Å². The van der Waals surface area contributed by atoms with E-state index in [4.69, 9.17) is 9.97 Å². The van der Waals surface area contributed by atoms with Gasteiger partial charge in [-0.3, -0.25) is 14.6 Å². The number of hydrogen-bond donors (Lipinski definition) is 3. The van der Waals surface area contributed by atoms with Crippen LogP contribution in [0.2, 0.25) is 0 Å². The van der Waals surface area contributed by atoms with E-state index in [1.165, 1.54) is 12.1 Å². The summed E-state index contributed by atoms with van der Waals surface area (Å²) < 4.78 is 1.64. The molecule has 0 aliphatic heterocycles. The molecule has 9 heteroatoms. The largest absolute Gasteiger partial charge is 0.384 e. The van der Waals surface area contributed by atoms with Crippen LogP contribution in [0.5, 0.6) is 0 Å². The van der Waals surface area contributed by atoms with Gasteiger partial charge in [-0.15, -0.1) is 0 Å². The van der Waals surface area contributed by atoms with Gasteiger partial charge in [0, 0.05) is 54.2 Å². The maximum Gasteiger partial charge on any atom is 0.250 e. The van der Waals surface area contributed by atoms with Crippen LogP contribution in [0.25, 0.3) is 33.7 Å². The Balaban J connectivity index is 1.52. The van der Waals surface area contributed by atoms with Gasteiger partial charge < -0.3 is 20.0 Å². The molecule has 0 atom stereocenters. The number of anilines is 1. The van der Waals surface area contributed by atoms with Gasteiger partial charge in [0.25, 0.3) is 5.56 Å². The van der Waals surface area contributed by atoms with Crippen LogP contribution >= 0.6 is 0 Å². The number of nitrogens with zero attached hydrogens (tertiary/aromatic N) is 4. The molecule has 0 bridgehead atoms. The summed E-state index contributed by atoms with van der Waals surface area (Å²) in [5.41, 5.74) is 3.26. The molecule has 0 saturated carbocycles. The Morgan fingerprint density at radius 2 is 1.68 bits per heavy atom. The average Bonchev–Trinajstić information content (AvgIpc) is 2.93. The minimum atomic E-state index is -1.02. The number of hydrogen-bond acceptors (Lipinski definition) is 7. The van der Waals surface area contributed by atoms with Gasteiger partial charge in [0.1, 0.15) is 11.4 Å². The third-order valence-corrected chi connectivity index (χ3v) is 6.60. The first-order chi connectivity index (χ1) is 19.1. The minimum Gasteiger partial charge on any atom is -0.384 e. The molecular formula is C31H32N6O3. The highest BCUT2D eigenvalue weighted by Gasteiger charge is 2.18. The number of fused-ring (bicyclic) bond motifs is 1. The first kappa shape index (κ1) is 27.0. The summed E-state index contributed by atoms with van der Waals surface area (Å²) in [6.07, 6.45) is 2.36. The second-order valence-corrected chi connectivity index (χ2v) is 10.5. The van der Waals surface area contributed by atoms with Crippen molar-refractivity contribution in [3.63, 3.8) is 0 Å². The standard InChI is InChI=1S/C31H32N6O3/c1-19(2)37-18-21(13-14-26(37)39)28-27(20-9-6-5-7-10-20)36-30-29(35-28)23(38)17-25(34-30)32-16-15-22-11-8-12-24(33-22)31(3,4)40/h5-14,17-19,40H,15-16H2,1-4H3,(H2,32,34,36,38). The SMILES string of the molecule is CC(C)n1cc(-c2nc3c(=O)cc(NCCc4cccc(C(C)(C)O)n4)[nH]c3nc2-c2ccccc2)ccc1=O. The van der Waals surface area contributed by atoms with Gasteiger partial charge in [-0.2, -0.15) is 0 Å². The molecule has 204 valence electrons. The van der Waals surface area contributed by atoms with Crippen molar-refractivity contribution in [3.05, 3.63) is 105 Å². The Morgan fingerprint density at radius 1 is 0.925 bits per heavy atom. The van der Waals surface area contributed by atoms with E-state index in [1.807, 2.05) is 56.3 Å². The summed E-state index contributed by atoms with van der Waals surface area (Å²) in [6.45, 7) is 7.80. The highest BCUT2D eigenvalue weighted by atomic mass is 16.3. The fourth-order valence-corrected chi connectivity index (χ4v) is 4.48. The van der Waals surface area contributed by atoms with E-state index >= 15 is 0 Å². The first-order valence-corrected chi connectivity index (χ1v) is 13.3. The number of pyridine rings is 3. The highest BCUT2D eigenvalue weighted by molar-refractivity contribution is 5.85. The highest BCUT2D eigenvalue weighted by Crippen LogP contribution is 2.30. The Kier molecular flexibility index (Phi) is 7.32. The van der Waals surface area contributed by atoms with Crippen molar-refractivity contribution >= 4 is 17.0 Å². The van der Waals surface area contributed by atoms with E-state index in [0.717, 1.165) is 11.3 Å². The third-order valence-electron chi connectivity index (χ3n) is 6.60. The van der Waals surface area contributed by atoms with Gasteiger partial charge in [-0.05, 0) is 45.9 Å². The molecule has 0 saturated heterocycles. The molecule has 5 aromatic rings. The Hall–Kier alpha value is -4.63. The smallest absolute Gasteiger partial charge is 0.250 e. The van der Waals surface area contributed by atoms with Crippen LogP contribution in [-0.2, 0) is 12.0 Å². The van der Waals surface area contributed by atoms with Crippen molar-refractivity contribution in [3.8, 4) is 22.5 Å². The molecular weight excluding hydrogens is 504 g/mol. The number of H-pyrrole nitrogens is 1. The quantitative estimate of drug-likeness (QED) is 0.263. The molecule has 0 radical (unpaired) electrons. The van der Waals surface area contributed by atoms with Crippen LogP contribution in [0, 0.1) is 0 Å². The number of aromatic amines is 1.